The summed E-state index contributed by atoms with van der Waals surface area (Å²) in [5, 5.41) is 12.3. The van der Waals surface area contributed by atoms with E-state index < -0.39 is 223 Å². The standard InChI is InChI=1S/C81H50F6N8O12/c1-4-34-10-7-13-38(26-34)89-67(88)37-29-43(94-76(104)63-49-22-23-50(64(63)77(94)105)58-57(49)70(98)91(71(58)99)40-15-9-12-36(6-3)28-40)31-44(30-37)95-78(106)65-51-24-25-52(66(65)79(95)107)62-61(51)74(102)93(75(62)103)42-17-19-46(54(33-42)81(85,86)87)45-18-16-41(32-53(45)80(82,83)84)92-72(100)59-47-20-21-48(60(59)73(92)101)56-55(47)68(96)90(69(56)97)39-14-8-11-35(5-2)27-39/h1-3,7-33,47-52,55-66H,(H2,88,89). The van der Waals surface area contributed by atoms with E-state index in [1.54, 1.807) is 66.7 Å². The van der Waals surface area contributed by atoms with Crippen LogP contribution in [0.3, 0.4) is 0 Å². The molecule has 20 nitrogen and oxygen atoms in total. The molecular weight excluding hydrogens is 1390 g/mol. The molecule has 6 aliphatic heterocycles. The van der Waals surface area contributed by atoms with Crippen LogP contribution in [0.15, 0.2) is 164 Å². The van der Waals surface area contributed by atoms with Crippen molar-refractivity contribution in [3.63, 3.8) is 0 Å². The second-order valence-corrected chi connectivity index (χ2v) is 28.8. The van der Waals surface area contributed by atoms with Gasteiger partial charge in [-0.05, 0) is 108 Å². The highest BCUT2D eigenvalue weighted by molar-refractivity contribution is 6.30. The zero-order chi connectivity index (χ0) is 74.9. The van der Waals surface area contributed by atoms with Crippen molar-refractivity contribution in [1.29, 1.82) is 5.41 Å². The number of halogens is 6. The van der Waals surface area contributed by atoms with Gasteiger partial charge in [0.15, 0.2) is 0 Å². The predicted octanol–water partition coefficient (Wildman–Crippen LogP) is 8.95. The first-order valence-corrected chi connectivity index (χ1v) is 34.1. The molecular formula is C81H50F6N8O12. The Morgan fingerprint density at radius 3 is 0.841 bits per heavy atom. The molecule has 18 atom stereocenters. The summed E-state index contributed by atoms with van der Waals surface area (Å²) in [7, 11) is 0. The molecule has 107 heavy (non-hydrogen) atoms. The number of rotatable bonds is 9. The lowest BCUT2D eigenvalue weighted by atomic mass is 9.54. The monoisotopic (exact) mass is 1440 g/mol. The second-order valence-electron chi connectivity index (χ2n) is 28.8. The van der Waals surface area contributed by atoms with E-state index in [0.717, 1.165) is 31.7 Å². The number of hydrogen-bond donors (Lipinski definition) is 2. The summed E-state index contributed by atoms with van der Waals surface area (Å²) >= 11 is 0. The van der Waals surface area contributed by atoms with E-state index in [-0.39, 0.29) is 34.1 Å². The Labute approximate surface area is 602 Å². The molecule has 6 bridgehead atoms. The van der Waals surface area contributed by atoms with Gasteiger partial charge in [-0.1, -0.05) is 84.5 Å². The van der Waals surface area contributed by atoms with Crippen molar-refractivity contribution < 1.29 is 83.9 Å². The molecule has 18 unspecified atom stereocenters. The minimum absolute atomic E-state index is 0.0878. The molecule has 6 aromatic rings. The topological polar surface area (TPSA) is 260 Å². The van der Waals surface area contributed by atoms with Crippen molar-refractivity contribution in [3.05, 3.63) is 197 Å². The second kappa shape index (κ2) is 22.8. The molecule has 15 aliphatic rings. The maximum Gasteiger partial charge on any atom is 0.417 e. The van der Waals surface area contributed by atoms with Crippen LogP contribution >= 0.6 is 0 Å². The maximum absolute atomic E-state index is 15.6. The van der Waals surface area contributed by atoms with Crippen molar-refractivity contribution in [2.75, 3.05) is 34.7 Å². The molecule has 2 N–H and O–H groups in total. The van der Waals surface area contributed by atoms with E-state index in [9.17, 15) is 43.8 Å². The fourth-order valence-electron chi connectivity index (χ4n) is 19.9. The van der Waals surface area contributed by atoms with Crippen LogP contribution in [0.25, 0.3) is 11.1 Å². The Balaban J connectivity index is 0.635. The number of nitrogens with zero attached hydrogens (tertiary/aromatic N) is 6. The quantitative estimate of drug-likeness (QED) is 0.0342. The first-order chi connectivity index (χ1) is 51.1. The number of imide groups is 6. The number of alkyl halides is 6. The Morgan fingerprint density at radius 1 is 0.318 bits per heavy atom. The lowest BCUT2D eigenvalue weighted by molar-refractivity contribution is -0.139. The van der Waals surface area contributed by atoms with Crippen LogP contribution in [-0.4, -0.2) is 76.7 Å². The molecule has 6 aromatic carbocycles. The third kappa shape index (κ3) is 9.06. The summed E-state index contributed by atoms with van der Waals surface area (Å²) in [6.45, 7) is 0. The van der Waals surface area contributed by atoms with Crippen LogP contribution in [0, 0.1) is 149 Å². The lowest BCUT2D eigenvalue weighted by Crippen LogP contribution is -2.50. The van der Waals surface area contributed by atoms with E-state index in [1.807, 2.05) is 0 Å². The largest absolute Gasteiger partial charge is 0.417 e. The first-order valence-electron chi connectivity index (χ1n) is 34.1. The van der Waals surface area contributed by atoms with E-state index >= 15 is 45.5 Å². The molecule has 6 heterocycles. The average molecular weight is 1440 g/mol. The van der Waals surface area contributed by atoms with Gasteiger partial charge in [0.05, 0.1) is 116 Å². The summed E-state index contributed by atoms with van der Waals surface area (Å²) in [5.41, 5.74) is -5.74. The van der Waals surface area contributed by atoms with Crippen molar-refractivity contribution >= 4 is 117 Å². The molecule has 528 valence electrons. The molecule has 6 saturated heterocycles. The van der Waals surface area contributed by atoms with Crippen molar-refractivity contribution in [3.8, 4) is 48.2 Å². The minimum atomic E-state index is -5.51. The molecule has 3 saturated carbocycles. The molecule has 9 aliphatic carbocycles. The highest BCUT2D eigenvalue weighted by atomic mass is 19.4. The van der Waals surface area contributed by atoms with Gasteiger partial charge in [0.25, 0.3) is 0 Å². The number of amidine groups is 1. The van der Waals surface area contributed by atoms with Crippen LogP contribution in [0.2, 0.25) is 0 Å². The normalized spacial score (nSPS) is 30.9. The Bertz CT molecular complexity index is 5390. The lowest BCUT2D eigenvalue weighted by Gasteiger charge is -2.44. The molecule has 0 radical (unpaired) electrons. The number of anilines is 7. The zero-order valence-corrected chi connectivity index (χ0v) is 55.1. The molecule has 9 fully saturated rings. The van der Waals surface area contributed by atoms with Crippen molar-refractivity contribution in [2.45, 2.75) is 12.4 Å². The van der Waals surface area contributed by atoms with Gasteiger partial charge in [0.1, 0.15) is 5.84 Å². The zero-order valence-electron chi connectivity index (χ0n) is 55.1. The summed E-state index contributed by atoms with van der Waals surface area (Å²) in [4.78, 5) is 182. The number of nitrogens with one attached hydrogen (secondary N) is 2. The van der Waals surface area contributed by atoms with E-state index in [1.165, 1.54) is 60.7 Å². The fourth-order valence-corrected chi connectivity index (χ4v) is 19.9. The van der Waals surface area contributed by atoms with Crippen molar-refractivity contribution in [2.24, 2.45) is 107 Å². The molecule has 12 amide bonds. The number of hydrogen-bond acceptors (Lipinski definition) is 13. The van der Waals surface area contributed by atoms with Gasteiger partial charge in [0, 0.05) is 63.4 Å². The predicted molar refractivity (Wildman–Crippen MR) is 367 cm³/mol. The summed E-state index contributed by atoms with van der Waals surface area (Å²) in [6.07, 6.45) is 15.2. The third-order valence-corrected chi connectivity index (χ3v) is 24.0. The van der Waals surface area contributed by atoms with Crippen LogP contribution in [-0.2, 0) is 69.9 Å². The average Bonchev–Trinajstić information content (AvgIpc) is 1.55. The molecule has 26 heteroatoms. The minimum Gasteiger partial charge on any atom is -0.340 e. The van der Waals surface area contributed by atoms with Gasteiger partial charge in [0.2, 0.25) is 70.9 Å². The number of terminal acetylenes is 3. The van der Waals surface area contributed by atoms with Gasteiger partial charge >= 0.3 is 12.4 Å². The van der Waals surface area contributed by atoms with Gasteiger partial charge in [-0.15, -0.1) is 19.3 Å². The number of amides is 12. The van der Waals surface area contributed by atoms with E-state index in [4.69, 9.17) is 19.3 Å². The highest BCUT2D eigenvalue weighted by Gasteiger charge is 2.73. The highest BCUT2D eigenvalue weighted by Crippen LogP contribution is 2.63. The smallest absolute Gasteiger partial charge is 0.340 e. The van der Waals surface area contributed by atoms with Gasteiger partial charge in [-0.25, -0.2) is 19.6 Å². The SMILES string of the molecule is C#Cc1cccc(NC(=N)c2cc(N3C(=O)C4C5C=CC(C6C(=O)N(c7cccc(C#C)c7)C(=O)C56)C4C3=O)cc(N3C(=O)C4C5C=CC(C4C3=O)C3C(=O)N(c4ccc(-c6ccc(N7C(=O)C8C9C=CC(C%10C(=O)N(c%11cccc(C#C)c%11)C(=O)C9%10)C8C7=O)cc6C(F)(F)F)c(C(F)(F)F)c4)C(=O)C53)c2)c1. The molecule has 0 spiro atoms. The van der Waals surface area contributed by atoms with Crippen LogP contribution in [0.4, 0.5) is 66.2 Å². The number of carbonyl (C=O) groups is 12. The van der Waals surface area contributed by atoms with E-state index in [0.29, 0.717) is 56.4 Å². The van der Waals surface area contributed by atoms with Gasteiger partial charge < -0.3 is 5.32 Å². The third-order valence-electron chi connectivity index (χ3n) is 24.0. The molecule has 0 aromatic heterocycles. The van der Waals surface area contributed by atoms with Crippen LogP contribution in [0.5, 0.6) is 0 Å². The van der Waals surface area contributed by atoms with Gasteiger partial charge in [-0.3, -0.25) is 72.7 Å². The molecule has 21 rings (SSSR count). The fraction of sp³-hybridized carbons (Fsp3) is 0.247. The number of carbonyl (C=O) groups excluding carboxylic acids is 12. The Morgan fingerprint density at radius 2 is 0.570 bits per heavy atom. The van der Waals surface area contributed by atoms with Crippen LogP contribution < -0.4 is 34.7 Å². The van der Waals surface area contributed by atoms with Crippen molar-refractivity contribution in [1.82, 2.24) is 0 Å². The number of benzene rings is 6. The summed E-state index contributed by atoms with van der Waals surface area (Å²) in [6, 6.07) is 26.1. The number of allylic oxidation sites excluding steroid dienone is 6. The Kier molecular flexibility index (Phi) is 14.1. The van der Waals surface area contributed by atoms with E-state index in [2.05, 4.69) is 23.1 Å². The summed E-state index contributed by atoms with van der Waals surface area (Å²) in [5.74, 6) is -24.9. The van der Waals surface area contributed by atoms with Gasteiger partial charge in [-0.2, -0.15) is 26.3 Å². The first kappa shape index (κ1) is 66.1. The Hall–Kier alpha value is -12.9. The van der Waals surface area contributed by atoms with Crippen LogP contribution in [0.1, 0.15) is 33.4 Å². The summed E-state index contributed by atoms with van der Waals surface area (Å²) < 4.78 is 93.5. The maximum atomic E-state index is 15.6.